The number of carbonyl (C=O) groups is 1. The Morgan fingerprint density at radius 3 is 2.81 bits per heavy atom. The van der Waals surface area contributed by atoms with E-state index in [1.807, 2.05) is 6.92 Å². The Morgan fingerprint density at radius 1 is 1.50 bits per heavy atom. The van der Waals surface area contributed by atoms with Crippen LogP contribution < -0.4 is 0 Å². The molecule has 1 aromatic carbocycles. The number of rotatable bonds is 2. The van der Waals surface area contributed by atoms with Crippen LogP contribution in [0.5, 0.6) is 0 Å². The Morgan fingerprint density at radius 2 is 2.25 bits per heavy atom. The van der Waals surface area contributed by atoms with Gasteiger partial charge in [0.1, 0.15) is 0 Å². The lowest BCUT2D eigenvalue weighted by Gasteiger charge is -2.06. The third-order valence-corrected chi connectivity index (χ3v) is 2.38. The first-order chi connectivity index (χ1) is 7.58. The van der Waals surface area contributed by atoms with Crippen molar-refractivity contribution in [2.24, 2.45) is 0 Å². The van der Waals surface area contributed by atoms with E-state index in [2.05, 4.69) is 5.10 Å². The van der Waals surface area contributed by atoms with Crippen LogP contribution >= 0.6 is 11.6 Å². The number of carboxylic acids is 1. The number of aromatic nitrogens is 2. The van der Waals surface area contributed by atoms with Crippen LogP contribution in [0.4, 0.5) is 0 Å². The maximum Gasteiger partial charge on any atom is 0.337 e. The highest BCUT2D eigenvalue weighted by molar-refractivity contribution is 6.30. The molecule has 5 heteroatoms. The molecule has 0 aliphatic carbocycles. The van der Waals surface area contributed by atoms with Gasteiger partial charge < -0.3 is 5.11 Å². The molecule has 0 fully saturated rings. The van der Waals surface area contributed by atoms with Gasteiger partial charge in [-0.25, -0.2) is 9.48 Å². The average molecular weight is 237 g/mol. The third-order valence-electron chi connectivity index (χ3n) is 2.18. The van der Waals surface area contributed by atoms with Gasteiger partial charge >= 0.3 is 5.97 Å². The number of hydrogen-bond donors (Lipinski definition) is 1. The summed E-state index contributed by atoms with van der Waals surface area (Å²) < 4.78 is 1.46. The lowest BCUT2D eigenvalue weighted by atomic mass is 10.1. The lowest BCUT2D eigenvalue weighted by molar-refractivity contribution is 0.0696. The zero-order valence-corrected chi connectivity index (χ0v) is 9.27. The highest BCUT2D eigenvalue weighted by Gasteiger charge is 2.12. The van der Waals surface area contributed by atoms with Crippen LogP contribution in [0.1, 0.15) is 15.9 Å². The van der Waals surface area contributed by atoms with Gasteiger partial charge in [-0.2, -0.15) is 5.10 Å². The minimum Gasteiger partial charge on any atom is -0.478 e. The van der Waals surface area contributed by atoms with E-state index in [1.165, 1.54) is 10.9 Å². The van der Waals surface area contributed by atoms with Crippen LogP contribution in [0.3, 0.4) is 0 Å². The fourth-order valence-corrected chi connectivity index (χ4v) is 1.58. The highest BCUT2D eigenvalue weighted by Crippen LogP contribution is 2.18. The molecule has 82 valence electrons. The number of halogens is 1. The van der Waals surface area contributed by atoms with Gasteiger partial charge in [0.15, 0.2) is 0 Å². The van der Waals surface area contributed by atoms with Crippen molar-refractivity contribution < 1.29 is 9.90 Å². The molecule has 0 atom stereocenters. The van der Waals surface area contributed by atoms with Gasteiger partial charge in [0.2, 0.25) is 0 Å². The monoisotopic (exact) mass is 236 g/mol. The summed E-state index contributed by atoms with van der Waals surface area (Å²) in [7, 11) is 0. The van der Waals surface area contributed by atoms with Crippen molar-refractivity contribution in [2.45, 2.75) is 6.92 Å². The lowest BCUT2D eigenvalue weighted by Crippen LogP contribution is -2.06. The standard InChI is InChI=1S/C11H9ClN2O2/c1-7-2-3-9(11(15)16)10(4-7)14-6-8(12)5-13-14/h2-6H,1H3,(H,15,16). The molecule has 1 aromatic heterocycles. The first-order valence-corrected chi connectivity index (χ1v) is 5.00. The summed E-state index contributed by atoms with van der Waals surface area (Å²) in [5.41, 5.74) is 1.68. The van der Waals surface area contributed by atoms with E-state index in [4.69, 9.17) is 16.7 Å². The maximum atomic E-state index is 11.0. The van der Waals surface area contributed by atoms with E-state index in [0.29, 0.717) is 10.7 Å². The zero-order chi connectivity index (χ0) is 11.7. The van der Waals surface area contributed by atoms with E-state index < -0.39 is 5.97 Å². The van der Waals surface area contributed by atoms with Gasteiger partial charge in [-0.3, -0.25) is 0 Å². The third kappa shape index (κ3) is 1.92. The van der Waals surface area contributed by atoms with Crippen molar-refractivity contribution in [2.75, 3.05) is 0 Å². The van der Waals surface area contributed by atoms with Gasteiger partial charge in [-0.15, -0.1) is 0 Å². The van der Waals surface area contributed by atoms with E-state index in [0.717, 1.165) is 5.56 Å². The van der Waals surface area contributed by atoms with Crippen molar-refractivity contribution in [3.63, 3.8) is 0 Å². The molecular formula is C11H9ClN2O2. The van der Waals surface area contributed by atoms with Gasteiger partial charge in [0.05, 0.1) is 22.5 Å². The SMILES string of the molecule is Cc1ccc(C(=O)O)c(-n2cc(Cl)cn2)c1. The second-order valence-corrected chi connectivity index (χ2v) is 3.87. The first-order valence-electron chi connectivity index (χ1n) is 4.62. The fourth-order valence-electron chi connectivity index (χ4n) is 1.44. The second kappa shape index (κ2) is 3.98. The molecule has 0 unspecified atom stereocenters. The van der Waals surface area contributed by atoms with Crippen molar-refractivity contribution in [1.82, 2.24) is 9.78 Å². The minimum atomic E-state index is -0.985. The van der Waals surface area contributed by atoms with Crippen LogP contribution in [0.2, 0.25) is 5.02 Å². The topological polar surface area (TPSA) is 55.1 Å². The molecule has 2 rings (SSSR count). The molecule has 0 spiro atoms. The van der Waals surface area contributed by atoms with E-state index in [9.17, 15) is 4.79 Å². The summed E-state index contributed by atoms with van der Waals surface area (Å²) in [4.78, 5) is 11.0. The number of benzene rings is 1. The molecule has 2 aromatic rings. The predicted molar refractivity (Wildman–Crippen MR) is 60.3 cm³/mol. The predicted octanol–water partition coefficient (Wildman–Crippen LogP) is 2.53. The Balaban J connectivity index is 2.62. The van der Waals surface area contributed by atoms with Crippen molar-refractivity contribution >= 4 is 17.6 Å². The van der Waals surface area contributed by atoms with Gasteiger partial charge in [-0.1, -0.05) is 17.7 Å². The van der Waals surface area contributed by atoms with E-state index in [1.54, 1.807) is 24.4 Å². The van der Waals surface area contributed by atoms with Crippen LogP contribution in [-0.2, 0) is 0 Å². The summed E-state index contributed by atoms with van der Waals surface area (Å²) in [6, 6.07) is 5.06. The Kier molecular flexibility index (Phi) is 2.66. The van der Waals surface area contributed by atoms with E-state index >= 15 is 0 Å². The molecule has 16 heavy (non-hydrogen) atoms. The number of aryl methyl sites for hydroxylation is 1. The number of carboxylic acid groups (broad SMARTS) is 1. The van der Waals surface area contributed by atoms with Gasteiger partial charge in [0.25, 0.3) is 0 Å². The molecule has 0 bridgehead atoms. The Labute approximate surface area is 97.1 Å². The molecule has 0 saturated carbocycles. The molecule has 1 N–H and O–H groups in total. The summed E-state index contributed by atoms with van der Waals surface area (Å²) in [6.45, 7) is 1.89. The van der Waals surface area contributed by atoms with E-state index in [-0.39, 0.29) is 5.56 Å². The summed E-state index contributed by atoms with van der Waals surface area (Å²) in [5.74, 6) is -0.985. The molecule has 0 aliphatic rings. The van der Waals surface area contributed by atoms with Crippen LogP contribution in [0, 0.1) is 6.92 Å². The van der Waals surface area contributed by atoms with Crippen molar-refractivity contribution in [3.8, 4) is 5.69 Å². The van der Waals surface area contributed by atoms with Gasteiger partial charge in [0, 0.05) is 6.20 Å². The fraction of sp³-hybridized carbons (Fsp3) is 0.0909. The molecule has 0 aliphatic heterocycles. The number of aromatic carboxylic acids is 1. The molecular weight excluding hydrogens is 228 g/mol. The smallest absolute Gasteiger partial charge is 0.337 e. The van der Waals surface area contributed by atoms with Gasteiger partial charge in [-0.05, 0) is 24.6 Å². The second-order valence-electron chi connectivity index (χ2n) is 3.43. The quantitative estimate of drug-likeness (QED) is 0.872. The first kappa shape index (κ1) is 10.7. The number of nitrogens with zero attached hydrogens (tertiary/aromatic N) is 2. The van der Waals surface area contributed by atoms with Crippen molar-refractivity contribution in [1.29, 1.82) is 0 Å². The largest absolute Gasteiger partial charge is 0.478 e. The Hall–Kier alpha value is -1.81. The normalized spacial score (nSPS) is 10.4. The van der Waals surface area contributed by atoms with Crippen LogP contribution in [-0.4, -0.2) is 20.9 Å². The van der Waals surface area contributed by atoms with Crippen LogP contribution in [0.25, 0.3) is 5.69 Å². The highest BCUT2D eigenvalue weighted by atomic mass is 35.5. The summed E-state index contributed by atoms with van der Waals surface area (Å²) >= 11 is 5.75. The molecule has 0 amide bonds. The molecule has 0 saturated heterocycles. The van der Waals surface area contributed by atoms with Crippen molar-refractivity contribution in [3.05, 3.63) is 46.7 Å². The minimum absolute atomic E-state index is 0.199. The molecule has 0 radical (unpaired) electrons. The zero-order valence-electron chi connectivity index (χ0n) is 8.51. The Bertz CT molecular complexity index is 549. The summed E-state index contributed by atoms with van der Waals surface area (Å²) in [6.07, 6.45) is 3.04. The molecule has 4 nitrogen and oxygen atoms in total. The average Bonchev–Trinajstić information content (AvgIpc) is 2.64. The maximum absolute atomic E-state index is 11.0. The number of hydrogen-bond acceptors (Lipinski definition) is 2. The molecule has 1 heterocycles. The van der Waals surface area contributed by atoms with Crippen LogP contribution in [0.15, 0.2) is 30.6 Å². The summed E-state index contributed by atoms with van der Waals surface area (Å²) in [5, 5.41) is 13.5.